The number of piperazine rings is 1. The lowest BCUT2D eigenvalue weighted by Gasteiger charge is -2.26. The van der Waals surface area contributed by atoms with Gasteiger partial charge in [-0.05, 0) is 34.7 Å². The van der Waals surface area contributed by atoms with Crippen molar-refractivity contribution in [3.8, 4) is 11.4 Å². The molecule has 2 aromatic rings. The summed E-state index contributed by atoms with van der Waals surface area (Å²) in [4.78, 5) is 2.26. The smallest absolute Gasteiger partial charge is 0.387 e. The highest BCUT2D eigenvalue weighted by atomic mass is 19.3. The average molecular weight is 310 g/mol. The third-order valence-corrected chi connectivity index (χ3v) is 3.42. The van der Waals surface area contributed by atoms with Crippen LogP contribution in [0.5, 0.6) is 5.75 Å². The first-order valence-electron chi connectivity index (χ1n) is 6.98. The number of hydrogen-bond donors (Lipinski definition) is 1. The Labute approximate surface area is 125 Å². The van der Waals surface area contributed by atoms with Crippen LogP contribution in [0.2, 0.25) is 0 Å². The summed E-state index contributed by atoms with van der Waals surface area (Å²) in [6, 6.07) is 6.24. The zero-order valence-electron chi connectivity index (χ0n) is 11.8. The second-order valence-corrected chi connectivity index (χ2v) is 4.91. The molecule has 1 N–H and O–H groups in total. The third kappa shape index (κ3) is 3.55. The van der Waals surface area contributed by atoms with E-state index in [9.17, 15) is 8.78 Å². The molecule has 0 unspecified atom stereocenters. The number of alkyl halides is 2. The standard InChI is InChI=1S/C13H16F2N6O/c14-13(15)22-11-3-1-10(2-4-11)21-12(17-18-19-21)9-20-7-5-16-6-8-20/h1-4,13,16H,5-9H2. The number of aromatic nitrogens is 4. The molecule has 1 aromatic carbocycles. The maximum Gasteiger partial charge on any atom is 0.387 e. The molecule has 1 saturated heterocycles. The lowest BCUT2D eigenvalue weighted by Crippen LogP contribution is -2.43. The maximum atomic E-state index is 12.1. The summed E-state index contributed by atoms with van der Waals surface area (Å²) in [5.74, 6) is 0.819. The summed E-state index contributed by atoms with van der Waals surface area (Å²) in [5.41, 5.74) is 0.705. The molecule has 7 nitrogen and oxygen atoms in total. The van der Waals surface area contributed by atoms with E-state index >= 15 is 0 Å². The number of rotatable bonds is 5. The predicted molar refractivity (Wildman–Crippen MR) is 73.9 cm³/mol. The highest BCUT2D eigenvalue weighted by Gasteiger charge is 2.15. The van der Waals surface area contributed by atoms with Crippen molar-refractivity contribution in [2.24, 2.45) is 0 Å². The van der Waals surface area contributed by atoms with Gasteiger partial charge in [-0.15, -0.1) is 5.10 Å². The zero-order valence-corrected chi connectivity index (χ0v) is 11.8. The topological polar surface area (TPSA) is 68.1 Å². The fourth-order valence-corrected chi connectivity index (χ4v) is 2.34. The molecule has 3 rings (SSSR count). The van der Waals surface area contributed by atoms with Crippen LogP contribution in [0.1, 0.15) is 5.82 Å². The van der Waals surface area contributed by atoms with Gasteiger partial charge in [-0.2, -0.15) is 13.5 Å². The summed E-state index contributed by atoms with van der Waals surface area (Å²) in [6.45, 7) is 1.58. The summed E-state index contributed by atoms with van der Waals surface area (Å²) < 4.78 is 30.2. The van der Waals surface area contributed by atoms with Gasteiger partial charge in [0.05, 0.1) is 12.2 Å². The number of benzene rings is 1. The monoisotopic (exact) mass is 310 g/mol. The van der Waals surface area contributed by atoms with Crippen LogP contribution in [0.4, 0.5) is 8.78 Å². The molecule has 0 saturated carbocycles. The first-order valence-corrected chi connectivity index (χ1v) is 6.98. The van der Waals surface area contributed by atoms with Crippen molar-refractivity contribution >= 4 is 0 Å². The summed E-state index contributed by atoms with van der Waals surface area (Å²) >= 11 is 0. The van der Waals surface area contributed by atoms with E-state index in [4.69, 9.17) is 0 Å². The van der Waals surface area contributed by atoms with Crippen LogP contribution in [0, 0.1) is 0 Å². The molecular weight excluding hydrogens is 294 g/mol. The minimum absolute atomic E-state index is 0.107. The lowest BCUT2D eigenvalue weighted by atomic mass is 10.3. The summed E-state index contributed by atoms with van der Waals surface area (Å²) in [7, 11) is 0. The van der Waals surface area contributed by atoms with E-state index in [1.165, 1.54) is 12.1 Å². The molecule has 0 aliphatic carbocycles. The van der Waals surface area contributed by atoms with Crippen molar-refractivity contribution in [2.45, 2.75) is 13.2 Å². The van der Waals surface area contributed by atoms with Crippen LogP contribution < -0.4 is 10.1 Å². The van der Waals surface area contributed by atoms with Crippen molar-refractivity contribution in [2.75, 3.05) is 26.2 Å². The second-order valence-electron chi connectivity index (χ2n) is 4.91. The molecule has 0 amide bonds. The molecule has 22 heavy (non-hydrogen) atoms. The summed E-state index contributed by atoms with van der Waals surface area (Å²) in [6.07, 6.45) is 0. The predicted octanol–water partition coefficient (Wildman–Crippen LogP) is 0.669. The van der Waals surface area contributed by atoms with E-state index in [-0.39, 0.29) is 5.75 Å². The molecule has 1 aliphatic heterocycles. The second kappa shape index (κ2) is 6.75. The molecule has 118 valence electrons. The number of ether oxygens (including phenoxy) is 1. The van der Waals surface area contributed by atoms with Crippen LogP contribution in [0.15, 0.2) is 24.3 Å². The molecule has 2 heterocycles. The zero-order chi connectivity index (χ0) is 15.4. The van der Waals surface area contributed by atoms with Gasteiger partial charge in [0, 0.05) is 26.2 Å². The first-order chi connectivity index (χ1) is 10.7. The Hall–Kier alpha value is -2.13. The quantitative estimate of drug-likeness (QED) is 0.875. The number of nitrogens with one attached hydrogen (secondary N) is 1. The maximum absolute atomic E-state index is 12.1. The molecule has 0 spiro atoms. The normalized spacial score (nSPS) is 16.1. The van der Waals surface area contributed by atoms with Gasteiger partial charge in [0.2, 0.25) is 0 Å². The van der Waals surface area contributed by atoms with E-state index in [0.717, 1.165) is 26.2 Å². The van der Waals surface area contributed by atoms with Gasteiger partial charge in [0.15, 0.2) is 5.82 Å². The highest BCUT2D eigenvalue weighted by molar-refractivity contribution is 5.37. The van der Waals surface area contributed by atoms with Gasteiger partial charge in [0.25, 0.3) is 0 Å². The lowest BCUT2D eigenvalue weighted by molar-refractivity contribution is -0.0498. The first kappa shape index (κ1) is 14.8. The minimum Gasteiger partial charge on any atom is -0.435 e. The van der Waals surface area contributed by atoms with Gasteiger partial charge in [0.1, 0.15) is 5.75 Å². The Morgan fingerprint density at radius 3 is 2.59 bits per heavy atom. The Balaban J connectivity index is 1.73. The number of halogens is 2. The van der Waals surface area contributed by atoms with Gasteiger partial charge in [-0.1, -0.05) is 0 Å². The Morgan fingerprint density at radius 2 is 1.91 bits per heavy atom. The minimum atomic E-state index is -2.83. The van der Waals surface area contributed by atoms with E-state index in [2.05, 4.69) is 30.5 Å². The van der Waals surface area contributed by atoms with E-state index in [1.807, 2.05) is 0 Å². The largest absolute Gasteiger partial charge is 0.435 e. The molecule has 1 fully saturated rings. The van der Waals surface area contributed by atoms with E-state index in [0.29, 0.717) is 18.1 Å². The van der Waals surface area contributed by atoms with Gasteiger partial charge >= 0.3 is 6.61 Å². The fourth-order valence-electron chi connectivity index (χ4n) is 2.34. The van der Waals surface area contributed by atoms with Crippen LogP contribution in [0.3, 0.4) is 0 Å². The van der Waals surface area contributed by atoms with E-state index < -0.39 is 6.61 Å². The van der Waals surface area contributed by atoms with Crippen molar-refractivity contribution in [3.05, 3.63) is 30.1 Å². The molecule has 1 aliphatic rings. The van der Waals surface area contributed by atoms with Crippen LogP contribution in [-0.4, -0.2) is 57.9 Å². The molecule has 1 aromatic heterocycles. The van der Waals surface area contributed by atoms with Crippen molar-refractivity contribution in [1.29, 1.82) is 0 Å². The number of nitrogens with zero attached hydrogens (tertiary/aromatic N) is 5. The van der Waals surface area contributed by atoms with E-state index in [1.54, 1.807) is 16.8 Å². The Kier molecular flexibility index (Phi) is 4.54. The van der Waals surface area contributed by atoms with Crippen molar-refractivity contribution in [3.63, 3.8) is 0 Å². The van der Waals surface area contributed by atoms with Crippen molar-refractivity contribution < 1.29 is 13.5 Å². The molecule has 0 atom stereocenters. The molecule has 0 bridgehead atoms. The molecular formula is C13H16F2N6O. The number of tetrazole rings is 1. The SMILES string of the molecule is FC(F)Oc1ccc(-n2nnnc2CN2CCNCC2)cc1. The molecule has 9 heteroatoms. The third-order valence-electron chi connectivity index (χ3n) is 3.42. The fraction of sp³-hybridized carbons (Fsp3) is 0.462. The van der Waals surface area contributed by atoms with Crippen LogP contribution >= 0.6 is 0 Å². The average Bonchev–Trinajstić information content (AvgIpc) is 2.97. The van der Waals surface area contributed by atoms with Gasteiger partial charge in [-0.25, -0.2) is 0 Å². The Morgan fingerprint density at radius 1 is 1.18 bits per heavy atom. The van der Waals surface area contributed by atoms with Crippen LogP contribution in [-0.2, 0) is 6.54 Å². The van der Waals surface area contributed by atoms with Crippen LogP contribution in [0.25, 0.3) is 5.69 Å². The van der Waals surface area contributed by atoms with Crippen molar-refractivity contribution in [1.82, 2.24) is 30.4 Å². The summed E-state index contributed by atoms with van der Waals surface area (Å²) in [5, 5.41) is 15.0. The van der Waals surface area contributed by atoms with Gasteiger partial charge < -0.3 is 10.1 Å². The van der Waals surface area contributed by atoms with Gasteiger partial charge in [-0.3, -0.25) is 4.90 Å². The highest BCUT2D eigenvalue weighted by Crippen LogP contribution is 2.17. The number of hydrogen-bond acceptors (Lipinski definition) is 6. The Bertz CT molecular complexity index is 597. The molecule has 0 radical (unpaired) electrons.